The minimum atomic E-state index is -0.983. The van der Waals surface area contributed by atoms with Gasteiger partial charge in [-0.15, -0.1) is 0 Å². The zero-order valence-corrected chi connectivity index (χ0v) is 16.8. The third-order valence-electron chi connectivity index (χ3n) is 4.91. The second-order valence-corrected chi connectivity index (χ2v) is 7.10. The number of Topliss-reactive ketones (excluding diaryl/α,β-unsaturated/α-hetero) is 2. The Hall–Kier alpha value is -2.99. The van der Waals surface area contributed by atoms with Gasteiger partial charge in [-0.3, -0.25) is 14.4 Å². The van der Waals surface area contributed by atoms with Gasteiger partial charge >= 0.3 is 5.97 Å². The number of ether oxygens (including phenoxy) is 1. The third kappa shape index (κ3) is 3.93. The fourth-order valence-electron chi connectivity index (χ4n) is 3.71. The van der Waals surface area contributed by atoms with Crippen molar-refractivity contribution in [3.8, 4) is 0 Å². The van der Waals surface area contributed by atoms with E-state index in [0.717, 1.165) is 0 Å². The molecule has 1 amide bonds. The number of para-hydroxylation sites is 1. The van der Waals surface area contributed by atoms with Crippen LogP contribution in [0.25, 0.3) is 0 Å². The SMILES string of the molecule is CCOC(=O)C(=O)C[C@H](c1ccccc1Cl)[C@H]1C(=O)c2ccccc2N1C(C)=O. The molecule has 150 valence electrons. The molecule has 0 radical (unpaired) electrons. The Morgan fingerprint density at radius 1 is 1.10 bits per heavy atom. The molecule has 0 unspecified atom stereocenters. The van der Waals surface area contributed by atoms with E-state index in [1.165, 1.54) is 11.8 Å². The summed E-state index contributed by atoms with van der Waals surface area (Å²) in [6, 6.07) is 12.6. The summed E-state index contributed by atoms with van der Waals surface area (Å²) in [6.45, 7) is 3.03. The van der Waals surface area contributed by atoms with Crippen molar-refractivity contribution < 1.29 is 23.9 Å². The molecule has 1 heterocycles. The molecule has 3 rings (SSSR count). The highest BCUT2D eigenvalue weighted by Crippen LogP contribution is 2.41. The van der Waals surface area contributed by atoms with Gasteiger partial charge in [0.25, 0.3) is 0 Å². The number of carbonyl (C=O) groups excluding carboxylic acids is 4. The molecule has 2 aromatic rings. The van der Waals surface area contributed by atoms with E-state index in [1.807, 2.05) is 0 Å². The highest BCUT2D eigenvalue weighted by Gasteiger charge is 2.46. The minimum absolute atomic E-state index is 0.0642. The summed E-state index contributed by atoms with van der Waals surface area (Å²) >= 11 is 6.37. The number of esters is 1. The van der Waals surface area contributed by atoms with Gasteiger partial charge in [0.2, 0.25) is 11.7 Å². The van der Waals surface area contributed by atoms with Crippen molar-refractivity contribution in [1.29, 1.82) is 0 Å². The van der Waals surface area contributed by atoms with Crippen LogP contribution in [0.1, 0.15) is 42.1 Å². The molecule has 0 aliphatic carbocycles. The Labute approximate surface area is 173 Å². The van der Waals surface area contributed by atoms with Crippen LogP contribution in [-0.2, 0) is 19.1 Å². The van der Waals surface area contributed by atoms with Gasteiger partial charge in [-0.05, 0) is 30.7 Å². The summed E-state index contributed by atoms with van der Waals surface area (Å²) in [4.78, 5) is 51.6. The molecule has 0 N–H and O–H groups in total. The maximum Gasteiger partial charge on any atom is 0.374 e. The predicted octanol–water partition coefficient (Wildman–Crippen LogP) is 3.56. The molecule has 0 fully saturated rings. The van der Waals surface area contributed by atoms with Crippen molar-refractivity contribution in [2.24, 2.45) is 0 Å². The van der Waals surface area contributed by atoms with Crippen LogP contribution in [0.3, 0.4) is 0 Å². The Morgan fingerprint density at radius 3 is 2.41 bits per heavy atom. The van der Waals surface area contributed by atoms with Gasteiger partial charge in [-0.1, -0.05) is 41.9 Å². The highest BCUT2D eigenvalue weighted by atomic mass is 35.5. The molecule has 6 nitrogen and oxygen atoms in total. The summed E-state index contributed by atoms with van der Waals surface area (Å²) < 4.78 is 4.81. The van der Waals surface area contributed by atoms with Gasteiger partial charge in [-0.2, -0.15) is 0 Å². The van der Waals surface area contributed by atoms with E-state index in [2.05, 4.69) is 0 Å². The van der Waals surface area contributed by atoms with Crippen LogP contribution in [-0.4, -0.2) is 36.1 Å². The Bertz CT molecular complexity index is 987. The number of carbonyl (C=O) groups is 4. The van der Waals surface area contributed by atoms with Crippen molar-refractivity contribution in [3.63, 3.8) is 0 Å². The molecule has 0 saturated heterocycles. The van der Waals surface area contributed by atoms with Crippen LogP contribution in [0, 0.1) is 0 Å². The lowest BCUT2D eigenvalue weighted by atomic mass is 9.84. The molecule has 1 aliphatic rings. The Kier molecular flexibility index (Phi) is 6.13. The number of fused-ring (bicyclic) bond motifs is 1. The number of anilines is 1. The number of nitrogens with zero attached hydrogens (tertiary/aromatic N) is 1. The molecular formula is C22H20ClNO5. The summed E-state index contributed by atoms with van der Waals surface area (Å²) in [7, 11) is 0. The van der Waals surface area contributed by atoms with E-state index >= 15 is 0 Å². The molecule has 2 atom stereocenters. The minimum Gasteiger partial charge on any atom is -0.460 e. The number of amides is 1. The van der Waals surface area contributed by atoms with E-state index in [0.29, 0.717) is 21.8 Å². The van der Waals surface area contributed by atoms with Gasteiger partial charge in [0, 0.05) is 29.8 Å². The summed E-state index contributed by atoms with van der Waals surface area (Å²) in [5, 5.41) is 0.349. The number of hydrogen-bond acceptors (Lipinski definition) is 5. The highest BCUT2D eigenvalue weighted by molar-refractivity contribution is 6.34. The fourth-order valence-corrected chi connectivity index (χ4v) is 3.98. The lowest BCUT2D eigenvalue weighted by molar-refractivity contribution is -0.153. The van der Waals surface area contributed by atoms with Gasteiger partial charge < -0.3 is 9.64 Å². The zero-order chi connectivity index (χ0) is 21.1. The Balaban J connectivity index is 2.09. The molecular weight excluding hydrogens is 394 g/mol. The van der Waals surface area contributed by atoms with E-state index < -0.39 is 23.7 Å². The van der Waals surface area contributed by atoms with Crippen LogP contribution in [0.4, 0.5) is 5.69 Å². The molecule has 2 aromatic carbocycles. The first-order valence-corrected chi connectivity index (χ1v) is 9.62. The van der Waals surface area contributed by atoms with Crippen LogP contribution in [0.15, 0.2) is 48.5 Å². The molecule has 1 aliphatic heterocycles. The number of hydrogen-bond donors (Lipinski definition) is 0. The monoisotopic (exact) mass is 413 g/mol. The van der Waals surface area contributed by atoms with E-state index in [9.17, 15) is 19.2 Å². The molecule has 29 heavy (non-hydrogen) atoms. The maximum atomic E-state index is 13.3. The second-order valence-electron chi connectivity index (χ2n) is 6.69. The van der Waals surface area contributed by atoms with Gasteiger partial charge in [0.05, 0.1) is 12.3 Å². The van der Waals surface area contributed by atoms with E-state index in [4.69, 9.17) is 16.3 Å². The first kappa shape index (κ1) is 20.7. The smallest absolute Gasteiger partial charge is 0.374 e. The van der Waals surface area contributed by atoms with Gasteiger partial charge in [0.15, 0.2) is 5.78 Å². The number of benzene rings is 2. The number of rotatable bonds is 6. The molecule has 0 bridgehead atoms. The van der Waals surface area contributed by atoms with Crippen LogP contribution < -0.4 is 4.90 Å². The van der Waals surface area contributed by atoms with Crippen molar-refractivity contribution in [2.75, 3.05) is 11.5 Å². The standard InChI is InChI=1S/C22H20ClNO5/c1-3-29-22(28)19(26)12-16(14-8-4-6-10-17(14)23)20-21(27)15-9-5-7-11-18(15)24(20)13(2)25/h4-11,16,20H,3,12H2,1-2H3/t16-,20+/m1/s1. The Morgan fingerprint density at radius 2 is 1.76 bits per heavy atom. The lowest BCUT2D eigenvalue weighted by Crippen LogP contribution is -2.44. The predicted molar refractivity (Wildman–Crippen MR) is 108 cm³/mol. The second kappa shape index (κ2) is 8.57. The van der Waals surface area contributed by atoms with Crippen molar-refractivity contribution in [2.45, 2.75) is 32.2 Å². The number of ketones is 2. The van der Waals surface area contributed by atoms with Crippen molar-refractivity contribution >= 4 is 40.7 Å². The van der Waals surface area contributed by atoms with E-state index in [-0.39, 0.29) is 24.7 Å². The largest absolute Gasteiger partial charge is 0.460 e. The first-order valence-electron chi connectivity index (χ1n) is 9.24. The quantitative estimate of drug-likeness (QED) is 0.534. The van der Waals surface area contributed by atoms with Gasteiger partial charge in [-0.25, -0.2) is 4.79 Å². The zero-order valence-electron chi connectivity index (χ0n) is 16.1. The molecule has 0 spiro atoms. The van der Waals surface area contributed by atoms with Crippen LogP contribution >= 0.6 is 11.6 Å². The van der Waals surface area contributed by atoms with Crippen LogP contribution in [0.5, 0.6) is 0 Å². The van der Waals surface area contributed by atoms with E-state index in [1.54, 1.807) is 55.5 Å². The normalized spacial score (nSPS) is 16.3. The summed E-state index contributed by atoms with van der Waals surface area (Å²) in [5.41, 5.74) is 1.40. The molecule has 0 aromatic heterocycles. The van der Waals surface area contributed by atoms with Gasteiger partial charge in [0.1, 0.15) is 6.04 Å². The maximum absolute atomic E-state index is 13.3. The topological polar surface area (TPSA) is 80.8 Å². The average molecular weight is 414 g/mol. The van der Waals surface area contributed by atoms with Crippen LogP contribution in [0.2, 0.25) is 5.02 Å². The molecule has 0 saturated carbocycles. The van der Waals surface area contributed by atoms with Crippen molar-refractivity contribution in [1.82, 2.24) is 0 Å². The third-order valence-corrected chi connectivity index (χ3v) is 5.25. The van der Waals surface area contributed by atoms with Crippen molar-refractivity contribution in [3.05, 3.63) is 64.7 Å². The average Bonchev–Trinajstić information content (AvgIpc) is 3.00. The fraction of sp³-hybridized carbons (Fsp3) is 0.273. The first-order chi connectivity index (χ1) is 13.9. The number of halogens is 1. The summed E-state index contributed by atoms with van der Waals surface area (Å²) in [5.74, 6) is -3.18. The summed E-state index contributed by atoms with van der Waals surface area (Å²) in [6.07, 6.45) is -0.309. The molecule has 7 heteroatoms. The lowest BCUT2D eigenvalue weighted by Gasteiger charge is -2.30.